The van der Waals surface area contributed by atoms with Gasteiger partial charge in [0.1, 0.15) is 5.75 Å². The van der Waals surface area contributed by atoms with Gasteiger partial charge in [-0.25, -0.2) is 0 Å². The standard InChI is InChI=1S/C14H19F2NO/c1-3-11(10-17-4-2)9-12-7-5-6-8-13(12)18-14(15)16/h5-9,14,17H,3-4,10H2,1-2H3. The van der Waals surface area contributed by atoms with Crippen molar-refractivity contribution in [3.63, 3.8) is 0 Å². The molecule has 18 heavy (non-hydrogen) atoms. The van der Waals surface area contributed by atoms with E-state index in [1.165, 1.54) is 0 Å². The summed E-state index contributed by atoms with van der Waals surface area (Å²) in [6.07, 6.45) is 2.77. The number of para-hydroxylation sites is 1. The highest BCUT2D eigenvalue weighted by Gasteiger charge is 2.07. The van der Waals surface area contributed by atoms with Gasteiger partial charge in [-0.05, 0) is 19.0 Å². The highest BCUT2D eigenvalue weighted by Crippen LogP contribution is 2.23. The van der Waals surface area contributed by atoms with Gasteiger partial charge in [-0.15, -0.1) is 0 Å². The minimum Gasteiger partial charge on any atom is -0.434 e. The van der Waals surface area contributed by atoms with Gasteiger partial charge in [0, 0.05) is 12.1 Å². The minimum absolute atomic E-state index is 0.218. The first-order valence-electron chi connectivity index (χ1n) is 6.11. The lowest BCUT2D eigenvalue weighted by atomic mass is 10.1. The van der Waals surface area contributed by atoms with Gasteiger partial charge in [0.05, 0.1) is 0 Å². The van der Waals surface area contributed by atoms with Crippen LogP contribution in [-0.4, -0.2) is 19.7 Å². The maximum Gasteiger partial charge on any atom is 0.387 e. The quantitative estimate of drug-likeness (QED) is 0.802. The zero-order valence-corrected chi connectivity index (χ0v) is 10.7. The highest BCUT2D eigenvalue weighted by atomic mass is 19.3. The third-order valence-corrected chi connectivity index (χ3v) is 2.55. The summed E-state index contributed by atoms with van der Waals surface area (Å²) < 4.78 is 29.0. The molecular formula is C14H19F2NO. The molecule has 0 aliphatic heterocycles. The molecule has 0 fully saturated rings. The number of hydrogen-bond donors (Lipinski definition) is 1. The Kier molecular flexibility index (Phi) is 6.36. The summed E-state index contributed by atoms with van der Waals surface area (Å²) in [5.41, 5.74) is 1.84. The maximum absolute atomic E-state index is 12.3. The molecule has 0 aromatic heterocycles. The number of rotatable bonds is 7. The van der Waals surface area contributed by atoms with Crippen LogP contribution in [-0.2, 0) is 0 Å². The van der Waals surface area contributed by atoms with E-state index in [2.05, 4.69) is 10.1 Å². The topological polar surface area (TPSA) is 21.3 Å². The van der Waals surface area contributed by atoms with Crippen molar-refractivity contribution >= 4 is 6.08 Å². The molecule has 0 spiro atoms. The maximum atomic E-state index is 12.3. The monoisotopic (exact) mass is 255 g/mol. The van der Waals surface area contributed by atoms with Crippen molar-refractivity contribution in [1.82, 2.24) is 5.32 Å². The van der Waals surface area contributed by atoms with E-state index in [1.54, 1.807) is 18.2 Å². The number of nitrogens with one attached hydrogen (secondary N) is 1. The predicted molar refractivity (Wildman–Crippen MR) is 69.9 cm³/mol. The van der Waals surface area contributed by atoms with E-state index in [-0.39, 0.29) is 5.75 Å². The van der Waals surface area contributed by atoms with Gasteiger partial charge in [-0.3, -0.25) is 0 Å². The van der Waals surface area contributed by atoms with Gasteiger partial charge in [-0.2, -0.15) is 8.78 Å². The molecule has 1 N–H and O–H groups in total. The summed E-state index contributed by atoms with van der Waals surface area (Å²) in [5, 5.41) is 3.22. The van der Waals surface area contributed by atoms with E-state index in [1.807, 2.05) is 26.0 Å². The van der Waals surface area contributed by atoms with Crippen LogP contribution in [0.25, 0.3) is 6.08 Å². The van der Waals surface area contributed by atoms with Crippen LogP contribution < -0.4 is 10.1 Å². The fraction of sp³-hybridized carbons (Fsp3) is 0.429. The summed E-state index contributed by atoms with van der Waals surface area (Å²) in [7, 11) is 0. The van der Waals surface area contributed by atoms with Crippen LogP contribution in [0.1, 0.15) is 25.8 Å². The van der Waals surface area contributed by atoms with Crippen molar-refractivity contribution < 1.29 is 13.5 Å². The second-order valence-electron chi connectivity index (χ2n) is 3.85. The summed E-state index contributed by atoms with van der Waals surface area (Å²) in [6.45, 7) is 2.92. The summed E-state index contributed by atoms with van der Waals surface area (Å²) in [4.78, 5) is 0. The summed E-state index contributed by atoms with van der Waals surface area (Å²) in [6, 6.07) is 6.83. The smallest absolute Gasteiger partial charge is 0.387 e. The second-order valence-corrected chi connectivity index (χ2v) is 3.85. The Balaban J connectivity index is 2.89. The Hall–Kier alpha value is -1.42. The molecule has 0 unspecified atom stereocenters. The number of ether oxygens (including phenoxy) is 1. The van der Waals surface area contributed by atoms with E-state index < -0.39 is 6.61 Å². The van der Waals surface area contributed by atoms with Crippen molar-refractivity contribution in [2.75, 3.05) is 13.1 Å². The first-order chi connectivity index (χ1) is 8.67. The van der Waals surface area contributed by atoms with E-state index in [9.17, 15) is 8.78 Å². The van der Waals surface area contributed by atoms with E-state index in [0.29, 0.717) is 5.56 Å². The van der Waals surface area contributed by atoms with Crippen LogP contribution in [0.2, 0.25) is 0 Å². The zero-order chi connectivity index (χ0) is 13.4. The lowest BCUT2D eigenvalue weighted by molar-refractivity contribution is -0.0499. The van der Waals surface area contributed by atoms with Gasteiger partial charge in [-0.1, -0.05) is 43.7 Å². The Morgan fingerprint density at radius 2 is 2.06 bits per heavy atom. The molecule has 0 heterocycles. The fourth-order valence-corrected chi connectivity index (χ4v) is 1.59. The molecule has 1 aromatic carbocycles. The van der Waals surface area contributed by atoms with Crippen molar-refractivity contribution in [3.05, 3.63) is 35.4 Å². The normalized spacial score (nSPS) is 11.9. The molecule has 0 radical (unpaired) electrons. The largest absolute Gasteiger partial charge is 0.434 e. The average Bonchev–Trinajstić information content (AvgIpc) is 2.35. The number of hydrogen-bond acceptors (Lipinski definition) is 2. The van der Waals surface area contributed by atoms with E-state index >= 15 is 0 Å². The van der Waals surface area contributed by atoms with Crippen molar-refractivity contribution in [2.45, 2.75) is 26.9 Å². The van der Waals surface area contributed by atoms with Crippen LogP contribution in [0.5, 0.6) is 5.75 Å². The Morgan fingerprint density at radius 3 is 2.67 bits per heavy atom. The van der Waals surface area contributed by atoms with Gasteiger partial charge < -0.3 is 10.1 Å². The molecule has 4 heteroatoms. The highest BCUT2D eigenvalue weighted by molar-refractivity contribution is 5.60. The molecule has 0 saturated carbocycles. The minimum atomic E-state index is -2.79. The molecule has 0 aliphatic rings. The molecule has 1 rings (SSSR count). The molecule has 0 bridgehead atoms. The molecular weight excluding hydrogens is 236 g/mol. The fourth-order valence-electron chi connectivity index (χ4n) is 1.59. The summed E-state index contributed by atoms with van der Waals surface area (Å²) >= 11 is 0. The zero-order valence-electron chi connectivity index (χ0n) is 10.7. The summed E-state index contributed by atoms with van der Waals surface area (Å²) in [5.74, 6) is 0.218. The first kappa shape index (κ1) is 14.6. The van der Waals surface area contributed by atoms with Crippen LogP contribution in [0, 0.1) is 0 Å². The Labute approximate surface area is 107 Å². The van der Waals surface area contributed by atoms with Crippen LogP contribution in [0.4, 0.5) is 8.78 Å². The van der Waals surface area contributed by atoms with Crippen LogP contribution >= 0.6 is 0 Å². The number of benzene rings is 1. The van der Waals surface area contributed by atoms with Crippen LogP contribution in [0.15, 0.2) is 29.8 Å². The lowest BCUT2D eigenvalue weighted by Gasteiger charge is -2.10. The van der Waals surface area contributed by atoms with Crippen LogP contribution in [0.3, 0.4) is 0 Å². The van der Waals surface area contributed by atoms with Gasteiger partial charge >= 0.3 is 6.61 Å². The SMILES string of the molecule is CCNCC(=Cc1ccccc1OC(F)F)CC. The predicted octanol–water partition coefficient (Wildman–Crippen LogP) is 3.69. The molecule has 0 aliphatic carbocycles. The lowest BCUT2D eigenvalue weighted by Crippen LogP contribution is -2.15. The first-order valence-corrected chi connectivity index (χ1v) is 6.11. The number of halogens is 2. The van der Waals surface area contributed by atoms with E-state index in [4.69, 9.17) is 0 Å². The average molecular weight is 255 g/mol. The molecule has 1 aromatic rings. The van der Waals surface area contributed by atoms with Crippen molar-refractivity contribution in [2.24, 2.45) is 0 Å². The Bertz CT molecular complexity index is 391. The van der Waals surface area contributed by atoms with Gasteiger partial charge in [0.25, 0.3) is 0 Å². The molecule has 2 nitrogen and oxygen atoms in total. The molecule has 0 amide bonds. The van der Waals surface area contributed by atoms with Gasteiger partial charge in [0.15, 0.2) is 0 Å². The van der Waals surface area contributed by atoms with E-state index in [0.717, 1.165) is 25.1 Å². The number of alkyl halides is 2. The van der Waals surface area contributed by atoms with Gasteiger partial charge in [0.2, 0.25) is 0 Å². The van der Waals surface area contributed by atoms with Crippen molar-refractivity contribution in [3.8, 4) is 5.75 Å². The second kappa shape index (κ2) is 7.82. The molecule has 0 saturated heterocycles. The third-order valence-electron chi connectivity index (χ3n) is 2.55. The molecule has 0 atom stereocenters. The Morgan fingerprint density at radius 1 is 1.33 bits per heavy atom. The number of likely N-dealkylation sites (N-methyl/N-ethyl adjacent to an activating group) is 1. The van der Waals surface area contributed by atoms with Crippen molar-refractivity contribution in [1.29, 1.82) is 0 Å². The third kappa shape index (κ3) is 4.84. The molecule has 100 valence electrons.